The molecule has 0 spiro atoms. The van der Waals surface area contributed by atoms with Crippen molar-refractivity contribution in [3.8, 4) is 0 Å². The number of anilines is 3. The second-order valence-electron chi connectivity index (χ2n) is 8.63. The van der Waals surface area contributed by atoms with Gasteiger partial charge >= 0.3 is 0 Å². The van der Waals surface area contributed by atoms with Gasteiger partial charge in [-0.25, -0.2) is 4.98 Å². The number of hydrogen-bond donors (Lipinski definition) is 2. The normalized spacial score (nSPS) is 25.6. The first-order chi connectivity index (χ1) is 13.2. The molecule has 1 fully saturated rings. The molecule has 0 amide bonds. The van der Waals surface area contributed by atoms with Crippen LogP contribution in [-0.4, -0.2) is 40.0 Å². The zero-order chi connectivity index (χ0) is 20.6. The molecule has 1 aliphatic heterocycles. The van der Waals surface area contributed by atoms with Crippen molar-refractivity contribution in [2.24, 2.45) is 5.92 Å². The van der Waals surface area contributed by atoms with Gasteiger partial charge in [-0.05, 0) is 83.7 Å². The van der Waals surface area contributed by atoms with E-state index in [0.29, 0.717) is 30.0 Å². The molecule has 1 aromatic carbocycles. The molecule has 0 radical (unpaired) electrons. The average molecular weight is 382 g/mol. The summed E-state index contributed by atoms with van der Waals surface area (Å²) in [6.07, 6.45) is 3.00. The maximum atomic E-state index is 4.81. The fraction of sp³-hybridized carbons (Fsp3) is 0.565. The molecule has 1 aliphatic rings. The van der Waals surface area contributed by atoms with Crippen LogP contribution in [0.2, 0.25) is 0 Å². The summed E-state index contributed by atoms with van der Waals surface area (Å²) in [5.74, 6) is 2.10. The van der Waals surface area contributed by atoms with Crippen molar-refractivity contribution in [3.63, 3.8) is 0 Å². The third kappa shape index (κ3) is 4.00. The van der Waals surface area contributed by atoms with E-state index in [0.717, 1.165) is 23.5 Å². The third-order valence-corrected chi connectivity index (χ3v) is 6.93. The Hall–Kier alpha value is -2.14. The molecule has 0 bridgehead atoms. The molecule has 2 aromatic rings. The van der Waals surface area contributed by atoms with Crippen molar-refractivity contribution in [2.45, 2.75) is 73.0 Å². The van der Waals surface area contributed by atoms with E-state index >= 15 is 0 Å². The molecule has 3 rings (SSSR count). The van der Waals surface area contributed by atoms with E-state index < -0.39 is 0 Å². The highest BCUT2D eigenvalue weighted by atomic mass is 15.2. The van der Waals surface area contributed by atoms with Crippen molar-refractivity contribution >= 4 is 17.5 Å². The molecule has 4 atom stereocenters. The van der Waals surface area contributed by atoms with Crippen LogP contribution in [0.3, 0.4) is 0 Å². The monoisotopic (exact) mass is 381 g/mol. The van der Waals surface area contributed by atoms with Crippen LogP contribution >= 0.6 is 0 Å². The minimum Gasteiger partial charge on any atom is -0.351 e. The van der Waals surface area contributed by atoms with Gasteiger partial charge in [0.2, 0.25) is 5.95 Å². The molecule has 0 aliphatic carbocycles. The van der Waals surface area contributed by atoms with Gasteiger partial charge in [0.15, 0.2) is 0 Å². The Bertz CT molecular complexity index is 847. The first-order valence-electron chi connectivity index (χ1n) is 10.3. The van der Waals surface area contributed by atoms with Crippen LogP contribution < -0.4 is 10.6 Å². The smallest absolute Gasteiger partial charge is 0.224 e. The summed E-state index contributed by atoms with van der Waals surface area (Å²) in [5, 5.41) is 7.13. The van der Waals surface area contributed by atoms with Crippen molar-refractivity contribution in [1.29, 1.82) is 0 Å². The van der Waals surface area contributed by atoms with Crippen LogP contribution in [0.5, 0.6) is 0 Å². The minimum atomic E-state index is 0.375. The Morgan fingerprint density at radius 3 is 2.43 bits per heavy atom. The Balaban J connectivity index is 1.81. The number of nitrogens with one attached hydrogen (secondary N) is 2. The Morgan fingerprint density at radius 2 is 1.71 bits per heavy atom. The number of rotatable bonds is 4. The molecule has 2 N–H and O–H groups in total. The third-order valence-electron chi connectivity index (χ3n) is 6.93. The zero-order valence-electron chi connectivity index (χ0n) is 18.6. The first kappa shape index (κ1) is 20.6. The minimum absolute atomic E-state index is 0.375. The molecule has 28 heavy (non-hydrogen) atoms. The Kier molecular flexibility index (Phi) is 5.94. The predicted molar refractivity (Wildman–Crippen MR) is 119 cm³/mol. The highest BCUT2D eigenvalue weighted by molar-refractivity contribution is 5.65. The average Bonchev–Trinajstić information content (AvgIpc) is 2.67. The van der Waals surface area contributed by atoms with Gasteiger partial charge in [0.25, 0.3) is 0 Å². The largest absolute Gasteiger partial charge is 0.351 e. The van der Waals surface area contributed by atoms with Crippen LogP contribution in [0, 0.1) is 33.6 Å². The second kappa shape index (κ2) is 8.08. The summed E-state index contributed by atoms with van der Waals surface area (Å²) >= 11 is 0. The fourth-order valence-corrected chi connectivity index (χ4v) is 4.07. The number of hydrogen-bond acceptors (Lipinski definition) is 5. The first-order valence-corrected chi connectivity index (χ1v) is 10.3. The lowest BCUT2D eigenvalue weighted by Crippen LogP contribution is -2.53. The van der Waals surface area contributed by atoms with E-state index in [-0.39, 0.29) is 0 Å². The predicted octanol–water partition coefficient (Wildman–Crippen LogP) is 4.98. The second-order valence-corrected chi connectivity index (χ2v) is 8.63. The lowest BCUT2D eigenvalue weighted by molar-refractivity contribution is 0.0827. The molecular formula is C23H35N5. The van der Waals surface area contributed by atoms with Gasteiger partial charge in [-0.3, -0.25) is 0 Å². The molecule has 0 saturated carbocycles. The maximum Gasteiger partial charge on any atom is 0.224 e. The van der Waals surface area contributed by atoms with E-state index in [2.05, 4.69) is 81.2 Å². The highest BCUT2D eigenvalue weighted by Gasteiger charge is 2.34. The Labute approximate surface area is 170 Å². The quantitative estimate of drug-likeness (QED) is 0.782. The standard InChI is InChI=1S/C23H35N5/c1-13-9-10-20(17(5)16(13)4)25-22-14(2)12-24-23(27-22)26-21-11-15(3)28(8)19(7)18(21)6/h9-10,12,15,18-19,21H,11H2,1-8H3,(H2,24,25,26,27). The lowest BCUT2D eigenvalue weighted by Gasteiger charge is -2.45. The molecule has 2 heterocycles. The van der Waals surface area contributed by atoms with Crippen molar-refractivity contribution in [2.75, 3.05) is 17.7 Å². The summed E-state index contributed by atoms with van der Waals surface area (Å²) in [6.45, 7) is 15.4. The summed E-state index contributed by atoms with van der Waals surface area (Å²) in [5.41, 5.74) is 6.04. The topological polar surface area (TPSA) is 53.1 Å². The number of nitrogens with zero attached hydrogens (tertiary/aromatic N) is 3. The number of piperidine rings is 1. The molecule has 5 nitrogen and oxygen atoms in total. The van der Waals surface area contributed by atoms with Crippen molar-refractivity contribution in [3.05, 3.63) is 40.6 Å². The van der Waals surface area contributed by atoms with Gasteiger partial charge in [0.1, 0.15) is 5.82 Å². The van der Waals surface area contributed by atoms with Crippen LogP contribution in [0.4, 0.5) is 17.5 Å². The summed E-state index contributed by atoms with van der Waals surface area (Å²) in [6, 6.07) is 5.74. The van der Waals surface area contributed by atoms with E-state index in [1.165, 1.54) is 16.7 Å². The molecule has 4 unspecified atom stereocenters. The summed E-state index contributed by atoms with van der Waals surface area (Å²) in [7, 11) is 2.22. The van der Waals surface area contributed by atoms with Crippen LogP contribution in [0.1, 0.15) is 49.4 Å². The van der Waals surface area contributed by atoms with E-state index in [4.69, 9.17) is 4.98 Å². The van der Waals surface area contributed by atoms with Crippen LogP contribution in [0.25, 0.3) is 0 Å². The van der Waals surface area contributed by atoms with Crippen LogP contribution in [0.15, 0.2) is 18.3 Å². The van der Waals surface area contributed by atoms with E-state index in [9.17, 15) is 0 Å². The maximum absolute atomic E-state index is 4.81. The van der Waals surface area contributed by atoms with Crippen molar-refractivity contribution in [1.82, 2.24) is 14.9 Å². The molecule has 5 heteroatoms. The number of aromatic nitrogens is 2. The number of benzene rings is 1. The number of aryl methyl sites for hydroxylation is 2. The van der Waals surface area contributed by atoms with E-state index in [1.807, 2.05) is 13.1 Å². The van der Waals surface area contributed by atoms with Crippen molar-refractivity contribution < 1.29 is 0 Å². The van der Waals surface area contributed by atoms with Gasteiger partial charge in [-0.2, -0.15) is 4.98 Å². The highest BCUT2D eigenvalue weighted by Crippen LogP contribution is 2.30. The van der Waals surface area contributed by atoms with Gasteiger partial charge in [0, 0.05) is 35.6 Å². The molecular weight excluding hydrogens is 346 g/mol. The zero-order valence-corrected chi connectivity index (χ0v) is 18.6. The molecule has 1 saturated heterocycles. The molecule has 152 valence electrons. The van der Waals surface area contributed by atoms with Gasteiger partial charge in [0.05, 0.1) is 0 Å². The SMILES string of the molecule is Cc1cnc(NC2CC(C)N(C)C(C)C2C)nc1Nc1ccc(C)c(C)c1C. The van der Waals surface area contributed by atoms with Crippen LogP contribution in [-0.2, 0) is 0 Å². The van der Waals surface area contributed by atoms with E-state index in [1.54, 1.807) is 0 Å². The van der Waals surface area contributed by atoms with Gasteiger partial charge in [-0.15, -0.1) is 0 Å². The summed E-state index contributed by atoms with van der Waals surface area (Å²) in [4.78, 5) is 11.8. The Morgan fingerprint density at radius 1 is 1.00 bits per heavy atom. The molecule has 1 aromatic heterocycles. The fourth-order valence-electron chi connectivity index (χ4n) is 4.07. The summed E-state index contributed by atoms with van der Waals surface area (Å²) < 4.78 is 0. The van der Waals surface area contributed by atoms with Gasteiger partial charge < -0.3 is 15.5 Å². The number of likely N-dealkylation sites (tertiary alicyclic amines) is 1. The van der Waals surface area contributed by atoms with Gasteiger partial charge in [-0.1, -0.05) is 13.0 Å². The lowest BCUT2D eigenvalue weighted by atomic mass is 9.84.